The second-order valence-electron chi connectivity index (χ2n) is 6.38. The van der Waals surface area contributed by atoms with Crippen molar-refractivity contribution in [2.24, 2.45) is 0 Å². The van der Waals surface area contributed by atoms with Gasteiger partial charge in [0, 0.05) is 12.2 Å². The Labute approximate surface area is 148 Å². The average Bonchev–Trinajstić information content (AvgIpc) is 3.14. The minimum atomic E-state index is 0.339. The Morgan fingerprint density at radius 1 is 1.20 bits per heavy atom. The molecule has 5 rings (SSSR count). The van der Waals surface area contributed by atoms with Gasteiger partial charge in [0.1, 0.15) is 5.52 Å². The van der Waals surface area contributed by atoms with Crippen molar-refractivity contribution in [2.45, 2.75) is 24.8 Å². The number of thiazole rings is 1. The standard InChI is InChI=1S/C18H17N5OS/c1-24-18-21-13-5-3-7-20-16(13)23(18)11-8-10(9-11)12-4-2-6-14-15(12)22-17(19)25-14/h2-7,10-11H,8-9H2,1H3,(H2,19,22). The molecule has 25 heavy (non-hydrogen) atoms. The van der Waals surface area contributed by atoms with Gasteiger partial charge >= 0.3 is 0 Å². The van der Waals surface area contributed by atoms with E-state index in [9.17, 15) is 0 Å². The van der Waals surface area contributed by atoms with Gasteiger partial charge in [-0.25, -0.2) is 9.97 Å². The van der Waals surface area contributed by atoms with Gasteiger partial charge < -0.3 is 10.5 Å². The number of hydrogen-bond donors (Lipinski definition) is 1. The molecule has 0 atom stereocenters. The number of para-hydroxylation sites is 1. The molecular formula is C18H17N5OS. The number of fused-ring (bicyclic) bond motifs is 2. The molecule has 3 aromatic heterocycles. The number of hydrogen-bond acceptors (Lipinski definition) is 6. The van der Waals surface area contributed by atoms with Gasteiger partial charge in [-0.2, -0.15) is 4.98 Å². The smallest absolute Gasteiger partial charge is 0.298 e. The molecule has 0 spiro atoms. The van der Waals surface area contributed by atoms with Gasteiger partial charge in [-0.3, -0.25) is 4.57 Å². The summed E-state index contributed by atoms with van der Waals surface area (Å²) in [4.78, 5) is 13.6. The normalized spacial score (nSPS) is 20.0. The Hall–Kier alpha value is -2.67. The molecule has 1 saturated carbocycles. The van der Waals surface area contributed by atoms with E-state index in [-0.39, 0.29) is 0 Å². The number of aromatic nitrogens is 4. The fraction of sp³-hybridized carbons (Fsp3) is 0.278. The van der Waals surface area contributed by atoms with Crippen LogP contribution in [0.5, 0.6) is 6.01 Å². The molecule has 0 radical (unpaired) electrons. The number of imidazole rings is 1. The lowest BCUT2D eigenvalue weighted by molar-refractivity contribution is 0.240. The number of nitrogen functional groups attached to an aromatic ring is 1. The molecule has 126 valence electrons. The predicted octanol–water partition coefficient (Wildman–Crippen LogP) is 3.75. The molecule has 1 aliphatic rings. The third-order valence-corrected chi connectivity index (χ3v) is 5.83. The number of nitrogens with two attached hydrogens (primary N) is 1. The van der Waals surface area contributed by atoms with E-state index in [1.54, 1.807) is 24.6 Å². The second kappa shape index (κ2) is 5.42. The molecule has 0 aliphatic heterocycles. The lowest BCUT2D eigenvalue weighted by atomic mass is 9.75. The number of nitrogens with zero attached hydrogens (tertiary/aromatic N) is 4. The molecule has 7 heteroatoms. The zero-order valence-electron chi connectivity index (χ0n) is 13.7. The molecule has 2 N–H and O–H groups in total. The number of benzene rings is 1. The minimum absolute atomic E-state index is 0.339. The number of rotatable bonds is 3. The molecule has 4 aromatic rings. The molecule has 0 unspecified atom stereocenters. The Morgan fingerprint density at radius 2 is 2.08 bits per heavy atom. The van der Waals surface area contributed by atoms with Gasteiger partial charge in [-0.1, -0.05) is 23.5 Å². The van der Waals surface area contributed by atoms with E-state index in [0.717, 1.165) is 34.2 Å². The van der Waals surface area contributed by atoms with E-state index in [0.29, 0.717) is 23.1 Å². The summed E-state index contributed by atoms with van der Waals surface area (Å²) in [5.41, 5.74) is 9.99. The molecule has 6 nitrogen and oxygen atoms in total. The number of methoxy groups -OCH3 is 1. The van der Waals surface area contributed by atoms with Crippen LogP contribution < -0.4 is 10.5 Å². The average molecular weight is 351 g/mol. The largest absolute Gasteiger partial charge is 0.468 e. The van der Waals surface area contributed by atoms with Gasteiger partial charge in [0.2, 0.25) is 0 Å². The van der Waals surface area contributed by atoms with E-state index >= 15 is 0 Å². The van der Waals surface area contributed by atoms with Crippen LogP contribution in [0.15, 0.2) is 36.5 Å². The highest BCUT2D eigenvalue weighted by atomic mass is 32.1. The first-order chi connectivity index (χ1) is 12.2. The van der Waals surface area contributed by atoms with Gasteiger partial charge in [0.05, 0.1) is 17.3 Å². The van der Waals surface area contributed by atoms with Crippen LogP contribution in [-0.2, 0) is 0 Å². The van der Waals surface area contributed by atoms with Crippen molar-refractivity contribution in [1.82, 2.24) is 19.5 Å². The first-order valence-corrected chi connectivity index (χ1v) is 9.08. The van der Waals surface area contributed by atoms with E-state index in [1.165, 1.54) is 5.56 Å². The van der Waals surface area contributed by atoms with Crippen LogP contribution in [0.1, 0.15) is 30.4 Å². The van der Waals surface area contributed by atoms with Crippen LogP contribution in [0, 0.1) is 0 Å². The Kier molecular flexibility index (Phi) is 3.18. The summed E-state index contributed by atoms with van der Waals surface area (Å²) in [7, 11) is 1.66. The fourth-order valence-electron chi connectivity index (χ4n) is 3.75. The highest BCUT2D eigenvalue weighted by molar-refractivity contribution is 7.22. The second-order valence-corrected chi connectivity index (χ2v) is 7.45. The summed E-state index contributed by atoms with van der Waals surface area (Å²) in [5.74, 6) is 0.473. The highest BCUT2D eigenvalue weighted by Crippen LogP contribution is 2.49. The molecule has 1 fully saturated rings. The Balaban J connectivity index is 1.49. The van der Waals surface area contributed by atoms with Crippen molar-refractivity contribution in [1.29, 1.82) is 0 Å². The molecule has 1 aromatic carbocycles. The van der Waals surface area contributed by atoms with Crippen molar-refractivity contribution in [2.75, 3.05) is 12.8 Å². The van der Waals surface area contributed by atoms with Crippen molar-refractivity contribution >= 4 is 37.8 Å². The molecular weight excluding hydrogens is 334 g/mol. The molecule has 0 saturated heterocycles. The van der Waals surface area contributed by atoms with Crippen molar-refractivity contribution in [3.05, 3.63) is 42.1 Å². The number of pyridine rings is 1. The van der Waals surface area contributed by atoms with Gasteiger partial charge in [0.25, 0.3) is 6.01 Å². The SMILES string of the molecule is COc1nc2cccnc2n1C1CC(c2cccc3sc(N)nc23)C1. The summed E-state index contributed by atoms with van der Waals surface area (Å²) >= 11 is 1.55. The highest BCUT2D eigenvalue weighted by Gasteiger charge is 2.36. The topological polar surface area (TPSA) is 78.9 Å². The van der Waals surface area contributed by atoms with Crippen molar-refractivity contribution in [3.8, 4) is 6.01 Å². The monoisotopic (exact) mass is 351 g/mol. The number of ether oxygens (including phenoxy) is 1. The van der Waals surface area contributed by atoms with Crippen LogP contribution in [0.4, 0.5) is 5.13 Å². The van der Waals surface area contributed by atoms with Gasteiger partial charge in [-0.15, -0.1) is 0 Å². The molecule has 1 aliphatic carbocycles. The van der Waals surface area contributed by atoms with Crippen LogP contribution >= 0.6 is 11.3 Å². The maximum Gasteiger partial charge on any atom is 0.298 e. The quantitative estimate of drug-likeness (QED) is 0.608. The molecule has 3 heterocycles. The minimum Gasteiger partial charge on any atom is -0.468 e. The van der Waals surface area contributed by atoms with Gasteiger partial charge in [0.15, 0.2) is 10.8 Å². The summed E-state index contributed by atoms with van der Waals surface area (Å²) in [6.45, 7) is 0. The first kappa shape index (κ1) is 14.7. The maximum absolute atomic E-state index is 5.89. The summed E-state index contributed by atoms with van der Waals surface area (Å²) < 4.78 is 8.77. The van der Waals surface area contributed by atoms with E-state index < -0.39 is 0 Å². The Morgan fingerprint density at radius 3 is 2.92 bits per heavy atom. The van der Waals surface area contributed by atoms with E-state index in [4.69, 9.17) is 10.5 Å². The molecule has 0 bridgehead atoms. The van der Waals surface area contributed by atoms with E-state index in [1.807, 2.05) is 12.1 Å². The summed E-state index contributed by atoms with van der Waals surface area (Å²) in [6.07, 6.45) is 3.85. The lowest BCUT2D eigenvalue weighted by Gasteiger charge is -2.37. The zero-order valence-corrected chi connectivity index (χ0v) is 14.5. The third kappa shape index (κ3) is 2.19. The van der Waals surface area contributed by atoms with Crippen molar-refractivity contribution < 1.29 is 4.74 Å². The third-order valence-electron chi connectivity index (χ3n) is 4.98. The van der Waals surface area contributed by atoms with Crippen LogP contribution in [0.2, 0.25) is 0 Å². The van der Waals surface area contributed by atoms with E-state index in [2.05, 4.69) is 37.7 Å². The van der Waals surface area contributed by atoms with Crippen LogP contribution in [0.25, 0.3) is 21.4 Å². The Bertz CT molecular complexity index is 1080. The first-order valence-electron chi connectivity index (χ1n) is 8.26. The van der Waals surface area contributed by atoms with Gasteiger partial charge in [-0.05, 0) is 42.5 Å². The zero-order chi connectivity index (χ0) is 17.0. The van der Waals surface area contributed by atoms with Crippen molar-refractivity contribution in [3.63, 3.8) is 0 Å². The fourth-order valence-corrected chi connectivity index (χ4v) is 4.52. The maximum atomic E-state index is 5.89. The summed E-state index contributed by atoms with van der Waals surface area (Å²) in [6, 6.07) is 11.2. The van der Waals surface area contributed by atoms with Crippen LogP contribution in [-0.4, -0.2) is 26.6 Å². The lowest BCUT2D eigenvalue weighted by Crippen LogP contribution is -2.26. The summed E-state index contributed by atoms with van der Waals surface area (Å²) in [5, 5.41) is 0.629. The predicted molar refractivity (Wildman–Crippen MR) is 99.1 cm³/mol. The number of anilines is 1. The molecule has 0 amide bonds. The van der Waals surface area contributed by atoms with Crippen LogP contribution in [0.3, 0.4) is 0 Å².